The average molecular weight is 429 g/mol. The fourth-order valence-corrected chi connectivity index (χ4v) is 3.86. The number of anilines is 2. The summed E-state index contributed by atoms with van der Waals surface area (Å²) in [5.74, 6) is -0.507. The van der Waals surface area contributed by atoms with Crippen LogP contribution in [0.15, 0.2) is 42.7 Å². The van der Waals surface area contributed by atoms with Crippen molar-refractivity contribution in [2.24, 2.45) is 0 Å². The third-order valence-electron chi connectivity index (χ3n) is 5.30. The third-order valence-corrected chi connectivity index (χ3v) is 5.30. The molecule has 3 atom stereocenters. The van der Waals surface area contributed by atoms with Crippen LogP contribution in [0.3, 0.4) is 0 Å². The Hall–Kier alpha value is -3.20. The van der Waals surface area contributed by atoms with Crippen molar-refractivity contribution >= 4 is 23.4 Å². The number of hydrogen-bond donors (Lipinski definition) is 3. The maximum atomic E-state index is 15.2. The van der Waals surface area contributed by atoms with Gasteiger partial charge >= 0.3 is 12.1 Å². The molecule has 1 aromatic carbocycles. The molecule has 2 aromatic rings. The van der Waals surface area contributed by atoms with Crippen molar-refractivity contribution < 1.29 is 14.0 Å². The molecule has 1 aliphatic rings. The molecule has 3 rings (SSSR count). The molecule has 8 nitrogen and oxygen atoms in total. The highest BCUT2D eigenvalue weighted by molar-refractivity contribution is 5.99. The second-order valence-corrected chi connectivity index (χ2v) is 8.06. The van der Waals surface area contributed by atoms with Gasteiger partial charge in [-0.1, -0.05) is 12.1 Å². The topological polar surface area (TPSA) is 89.6 Å². The highest BCUT2D eigenvalue weighted by Crippen LogP contribution is 2.24. The van der Waals surface area contributed by atoms with E-state index in [2.05, 4.69) is 20.9 Å². The first kappa shape index (κ1) is 22.5. The van der Waals surface area contributed by atoms with E-state index < -0.39 is 11.8 Å². The normalized spacial score (nSPS) is 20.8. The molecule has 1 saturated heterocycles. The number of benzene rings is 1. The molecule has 1 fully saturated rings. The molecule has 3 N–H and O–H groups in total. The second kappa shape index (κ2) is 9.74. The lowest BCUT2D eigenvalue weighted by Crippen LogP contribution is -2.64. The molecule has 0 radical (unpaired) electrons. The maximum absolute atomic E-state index is 15.2. The fourth-order valence-electron chi connectivity index (χ4n) is 3.86. The van der Waals surface area contributed by atoms with Crippen LogP contribution >= 0.6 is 0 Å². The smallest absolute Gasteiger partial charge is 0.323 e. The number of urea groups is 2. The van der Waals surface area contributed by atoms with Crippen molar-refractivity contribution in [1.29, 1.82) is 0 Å². The van der Waals surface area contributed by atoms with E-state index in [0.29, 0.717) is 24.2 Å². The van der Waals surface area contributed by atoms with E-state index in [9.17, 15) is 9.59 Å². The Morgan fingerprint density at radius 1 is 1.23 bits per heavy atom. The van der Waals surface area contributed by atoms with Gasteiger partial charge in [-0.05, 0) is 44.0 Å². The predicted octanol–water partition coefficient (Wildman–Crippen LogP) is 3.14. The van der Waals surface area contributed by atoms with Crippen molar-refractivity contribution in [1.82, 2.24) is 20.1 Å². The van der Waals surface area contributed by atoms with Gasteiger partial charge in [-0.25, -0.2) is 14.0 Å². The first-order valence-corrected chi connectivity index (χ1v) is 10.3. The minimum absolute atomic E-state index is 0.0162. The molecular formula is C22H29FN6O2. The minimum Gasteiger partial charge on any atom is -0.331 e. The van der Waals surface area contributed by atoms with Crippen LogP contribution in [-0.4, -0.2) is 65.6 Å². The number of nitrogens with zero attached hydrogens (tertiary/aromatic N) is 3. The van der Waals surface area contributed by atoms with Gasteiger partial charge in [0.2, 0.25) is 0 Å². The molecule has 1 aliphatic heterocycles. The summed E-state index contributed by atoms with van der Waals surface area (Å²) in [5.41, 5.74) is 1.02. The third kappa shape index (κ3) is 5.49. The molecule has 4 amide bonds. The largest absolute Gasteiger partial charge is 0.331 e. The van der Waals surface area contributed by atoms with Crippen molar-refractivity contribution in [2.75, 3.05) is 31.3 Å². The lowest BCUT2D eigenvalue weighted by molar-refractivity contribution is 0.100. The van der Waals surface area contributed by atoms with E-state index in [-0.39, 0.29) is 29.8 Å². The van der Waals surface area contributed by atoms with Crippen LogP contribution in [0.5, 0.6) is 0 Å². The van der Waals surface area contributed by atoms with Gasteiger partial charge in [0.25, 0.3) is 0 Å². The van der Waals surface area contributed by atoms with E-state index in [0.717, 1.165) is 0 Å². The monoisotopic (exact) mass is 428 g/mol. The number of halogens is 1. The lowest BCUT2D eigenvalue weighted by Gasteiger charge is -2.44. The number of nitrogens with one attached hydrogen (secondary N) is 3. The molecular weight excluding hydrogens is 399 g/mol. The number of amides is 4. The minimum atomic E-state index is -0.560. The summed E-state index contributed by atoms with van der Waals surface area (Å²) in [6.07, 6.45) is 3.42. The number of pyridine rings is 1. The molecule has 0 aliphatic carbocycles. The van der Waals surface area contributed by atoms with E-state index >= 15 is 4.39 Å². The summed E-state index contributed by atoms with van der Waals surface area (Å²) >= 11 is 0. The zero-order chi connectivity index (χ0) is 22.5. The fraction of sp³-hybridized carbons (Fsp3) is 0.409. The predicted molar refractivity (Wildman–Crippen MR) is 119 cm³/mol. The van der Waals surface area contributed by atoms with Crippen LogP contribution in [0, 0.1) is 5.82 Å². The molecule has 0 spiro atoms. The molecule has 31 heavy (non-hydrogen) atoms. The first-order valence-electron chi connectivity index (χ1n) is 10.3. The summed E-state index contributed by atoms with van der Waals surface area (Å²) in [4.78, 5) is 32.2. The Kier molecular flexibility index (Phi) is 7.06. The summed E-state index contributed by atoms with van der Waals surface area (Å²) in [6.45, 7) is 4.56. The number of piperazine rings is 1. The van der Waals surface area contributed by atoms with Crippen LogP contribution in [-0.2, 0) is 6.42 Å². The van der Waals surface area contributed by atoms with Gasteiger partial charge < -0.3 is 25.8 Å². The SMILES string of the molecule is CC1CN(C(=O)N(C)C)C(Cc2cccc(NC(=O)Nc3cccnc3)c2F)C(C)N1. The average Bonchev–Trinajstić information content (AvgIpc) is 2.72. The quantitative estimate of drug-likeness (QED) is 0.698. The first-order chi connectivity index (χ1) is 14.8. The van der Waals surface area contributed by atoms with E-state index in [1.807, 2.05) is 13.8 Å². The van der Waals surface area contributed by atoms with Crippen molar-refractivity contribution in [3.8, 4) is 0 Å². The number of carbonyl (C=O) groups excluding carboxylic acids is 2. The molecule has 9 heteroatoms. The van der Waals surface area contributed by atoms with Gasteiger partial charge in [0.1, 0.15) is 5.82 Å². The van der Waals surface area contributed by atoms with Gasteiger partial charge in [-0.2, -0.15) is 0 Å². The Labute approximate surface area is 181 Å². The standard InChI is InChI=1S/C22H29FN6O2/c1-14-13-29(22(31)28(3)4)19(15(2)25-14)11-16-7-5-9-18(20(16)23)27-21(30)26-17-8-6-10-24-12-17/h5-10,12,14-15,19,25H,11,13H2,1-4H3,(H2,26,27,30). The summed E-state index contributed by atoms with van der Waals surface area (Å²) in [5, 5.41) is 8.61. The highest BCUT2D eigenvalue weighted by Gasteiger charge is 2.36. The Balaban J connectivity index is 1.76. The van der Waals surface area contributed by atoms with Gasteiger partial charge in [0.05, 0.1) is 23.6 Å². The van der Waals surface area contributed by atoms with Crippen LogP contribution in [0.25, 0.3) is 0 Å². The Morgan fingerprint density at radius 2 is 2.00 bits per heavy atom. The number of hydrogen-bond acceptors (Lipinski definition) is 4. The highest BCUT2D eigenvalue weighted by atomic mass is 19.1. The molecule has 0 saturated carbocycles. The summed E-state index contributed by atoms with van der Waals surface area (Å²) in [6, 6.07) is 7.51. The number of rotatable bonds is 4. The van der Waals surface area contributed by atoms with E-state index in [4.69, 9.17) is 0 Å². The van der Waals surface area contributed by atoms with Crippen molar-refractivity contribution in [3.63, 3.8) is 0 Å². The van der Waals surface area contributed by atoms with E-state index in [1.165, 1.54) is 17.2 Å². The van der Waals surface area contributed by atoms with Crippen LogP contribution in [0.4, 0.5) is 25.4 Å². The number of carbonyl (C=O) groups is 2. The Morgan fingerprint density at radius 3 is 2.68 bits per heavy atom. The summed E-state index contributed by atoms with van der Waals surface area (Å²) in [7, 11) is 3.42. The van der Waals surface area contributed by atoms with Crippen LogP contribution in [0.2, 0.25) is 0 Å². The molecule has 0 bridgehead atoms. The molecule has 1 aromatic heterocycles. The lowest BCUT2D eigenvalue weighted by atomic mass is 9.94. The zero-order valence-electron chi connectivity index (χ0n) is 18.2. The van der Waals surface area contributed by atoms with Crippen molar-refractivity contribution in [2.45, 2.75) is 38.4 Å². The Bertz CT molecular complexity index is 923. The van der Waals surface area contributed by atoms with Gasteiger partial charge in [0.15, 0.2) is 0 Å². The molecule has 2 heterocycles. The van der Waals surface area contributed by atoms with Crippen LogP contribution < -0.4 is 16.0 Å². The second-order valence-electron chi connectivity index (χ2n) is 8.06. The van der Waals surface area contributed by atoms with Crippen LogP contribution in [0.1, 0.15) is 19.4 Å². The number of aromatic nitrogens is 1. The van der Waals surface area contributed by atoms with Gasteiger partial charge in [0, 0.05) is 38.9 Å². The summed E-state index contributed by atoms with van der Waals surface area (Å²) < 4.78 is 15.2. The zero-order valence-corrected chi connectivity index (χ0v) is 18.2. The van der Waals surface area contributed by atoms with Gasteiger partial charge in [-0.15, -0.1) is 0 Å². The molecule has 3 unspecified atom stereocenters. The van der Waals surface area contributed by atoms with Crippen molar-refractivity contribution in [3.05, 3.63) is 54.1 Å². The molecule has 166 valence electrons. The maximum Gasteiger partial charge on any atom is 0.323 e. The van der Waals surface area contributed by atoms with E-state index in [1.54, 1.807) is 49.5 Å². The van der Waals surface area contributed by atoms with Gasteiger partial charge in [-0.3, -0.25) is 4.98 Å².